The van der Waals surface area contributed by atoms with Crippen LogP contribution >= 0.6 is 0 Å². The van der Waals surface area contributed by atoms with Crippen molar-refractivity contribution in [2.24, 2.45) is 0 Å². The van der Waals surface area contributed by atoms with Gasteiger partial charge in [0.1, 0.15) is 6.54 Å². The van der Waals surface area contributed by atoms with E-state index in [0.717, 1.165) is 24.2 Å². The summed E-state index contributed by atoms with van der Waals surface area (Å²) >= 11 is 0. The number of hydrogen-bond acceptors (Lipinski definition) is 4. The SMILES string of the molecule is CC(C)OC(=O)CN1C(=O)CNc2cc3c(cc21)CCCC3. The lowest BCUT2D eigenvalue weighted by molar-refractivity contribution is -0.146. The molecule has 3 rings (SSSR count). The van der Waals surface area contributed by atoms with E-state index in [-0.39, 0.29) is 31.1 Å². The molecule has 1 N–H and O–H groups in total. The lowest BCUT2D eigenvalue weighted by Gasteiger charge is -2.31. The second-order valence-electron chi connectivity index (χ2n) is 6.22. The molecule has 0 fully saturated rings. The molecular formula is C17H22N2O3. The predicted molar refractivity (Wildman–Crippen MR) is 85.2 cm³/mol. The van der Waals surface area contributed by atoms with Crippen molar-refractivity contribution in [2.75, 3.05) is 23.3 Å². The third-order valence-electron chi connectivity index (χ3n) is 4.14. The minimum atomic E-state index is -0.367. The Labute approximate surface area is 130 Å². The Hall–Kier alpha value is -2.04. The Balaban J connectivity index is 1.89. The number of carbonyl (C=O) groups is 2. The van der Waals surface area contributed by atoms with Gasteiger partial charge in [0.05, 0.1) is 24.0 Å². The van der Waals surface area contributed by atoms with Crippen molar-refractivity contribution in [1.82, 2.24) is 0 Å². The monoisotopic (exact) mass is 302 g/mol. The summed E-state index contributed by atoms with van der Waals surface area (Å²) in [6.45, 7) is 3.81. The van der Waals surface area contributed by atoms with Gasteiger partial charge in [-0.2, -0.15) is 0 Å². The van der Waals surface area contributed by atoms with Gasteiger partial charge in [0, 0.05) is 0 Å². The molecule has 0 aromatic heterocycles. The average Bonchev–Trinajstić information content (AvgIpc) is 2.48. The fourth-order valence-electron chi connectivity index (χ4n) is 3.14. The van der Waals surface area contributed by atoms with Crippen LogP contribution in [0, 0.1) is 0 Å². The van der Waals surface area contributed by atoms with Crippen molar-refractivity contribution in [3.8, 4) is 0 Å². The van der Waals surface area contributed by atoms with Crippen LogP contribution in [0.5, 0.6) is 0 Å². The third-order valence-corrected chi connectivity index (χ3v) is 4.14. The molecule has 22 heavy (non-hydrogen) atoms. The molecule has 2 aliphatic rings. The maximum Gasteiger partial charge on any atom is 0.326 e. The Morgan fingerprint density at radius 3 is 2.64 bits per heavy atom. The zero-order valence-corrected chi connectivity index (χ0v) is 13.1. The molecule has 1 aliphatic heterocycles. The van der Waals surface area contributed by atoms with Crippen molar-refractivity contribution in [1.29, 1.82) is 0 Å². The molecule has 0 spiro atoms. The maximum absolute atomic E-state index is 12.2. The number of benzene rings is 1. The molecular weight excluding hydrogens is 280 g/mol. The van der Waals surface area contributed by atoms with Crippen LogP contribution in [0.25, 0.3) is 0 Å². The topological polar surface area (TPSA) is 58.6 Å². The van der Waals surface area contributed by atoms with Gasteiger partial charge in [0.15, 0.2) is 0 Å². The van der Waals surface area contributed by atoms with Gasteiger partial charge in [-0.3, -0.25) is 14.5 Å². The van der Waals surface area contributed by atoms with Crippen LogP contribution in [0.1, 0.15) is 37.8 Å². The van der Waals surface area contributed by atoms with E-state index in [1.807, 2.05) is 13.8 Å². The average molecular weight is 302 g/mol. The van der Waals surface area contributed by atoms with E-state index in [2.05, 4.69) is 17.4 Å². The van der Waals surface area contributed by atoms with Gasteiger partial charge in [-0.15, -0.1) is 0 Å². The molecule has 1 aliphatic carbocycles. The van der Waals surface area contributed by atoms with E-state index < -0.39 is 0 Å². The summed E-state index contributed by atoms with van der Waals surface area (Å²) < 4.78 is 5.18. The van der Waals surface area contributed by atoms with Crippen LogP contribution in [0.3, 0.4) is 0 Å². The van der Waals surface area contributed by atoms with Crippen molar-refractivity contribution < 1.29 is 14.3 Å². The Morgan fingerprint density at radius 2 is 1.95 bits per heavy atom. The van der Waals surface area contributed by atoms with Gasteiger partial charge in [0.2, 0.25) is 5.91 Å². The van der Waals surface area contributed by atoms with Gasteiger partial charge in [-0.1, -0.05) is 0 Å². The highest BCUT2D eigenvalue weighted by molar-refractivity contribution is 6.05. The first-order valence-corrected chi connectivity index (χ1v) is 7.94. The van der Waals surface area contributed by atoms with Crippen molar-refractivity contribution in [2.45, 2.75) is 45.6 Å². The lowest BCUT2D eigenvalue weighted by Crippen LogP contribution is -2.43. The molecule has 118 valence electrons. The minimum absolute atomic E-state index is 0.0233. The lowest BCUT2D eigenvalue weighted by atomic mass is 9.90. The second kappa shape index (κ2) is 5.99. The Kier molecular flexibility index (Phi) is 4.05. The number of rotatable bonds is 3. The fraction of sp³-hybridized carbons (Fsp3) is 0.529. The fourth-order valence-corrected chi connectivity index (χ4v) is 3.14. The normalized spacial score (nSPS) is 16.9. The largest absolute Gasteiger partial charge is 0.462 e. The molecule has 1 amide bonds. The van der Waals surface area contributed by atoms with Gasteiger partial charge < -0.3 is 10.1 Å². The first kappa shape index (κ1) is 14.9. The van der Waals surface area contributed by atoms with E-state index in [0.29, 0.717) is 0 Å². The highest BCUT2D eigenvalue weighted by atomic mass is 16.5. The highest BCUT2D eigenvalue weighted by Crippen LogP contribution is 2.35. The van der Waals surface area contributed by atoms with Crippen LogP contribution in [-0.2, 0) is 27.2 Å². The number of aryl methyl sites for hydroxylation is 2. The zero-order valence-electron chi connectivity index (χ0n) is 13.1. The predicted octanol–water partition coefficient (Wildman–Crippen LogP) is 2.28. The molecule has 0 unspecified atom stereocenters. The molecule has 5 heteroatoms. The number of nitrogens with zero attached hydrogens (tertiary/aromatic N) is 1. The molecule has 0 saturated carbocycles. The first-order chi connectivity index (χ1) is 10.5. The van der Waals surface area contributed by atoms with Gasteiger partial charge in [-0.25, -0.2) is 0 Å². The summed E-state index contributed by atoms with van der Waals surface area (Å²) in [4.78, 5) is 25.7. The molecule has 0 radical (unpaired) electrons. The standard InChI is InChI=1S/C17H22N2O3/c1-11(2)22-17(21)10-19-15-8-13-6-4-3-5-12(13)7-14(15)18-9-16(19)20/h7-8,11,18H,3-6,9-10H2,1-2H3. The van der Waals surface area contributed by atoms with Crippen LogP contribution in [-0.4, -0.2) is 31.1 Å². The molecule has 0 atom stereocenters. The summed E-state index contributed by atoms with van der Waals surface area (Å²) in [6.07, 6.45) is 4.36. The number of hydrogen-bond donors (Lipinski definition) is 1. The molecule has 1 heterocycles. The Bertz CT molecular complexity index is 610. The maximum atomic E-state index is 12.2. The summed E-state index contributed by atoms with van der Waals surface area (Å²) in [7, 11) is 0. The van der Waals surface area contributed by atoms with Crippen LogP contribution in [0.4, 0.5) is 11.4 Å². The number of esters is 1. The zero-order chi connectivity index (χ0) is 15.7. The third kappa shape index (κ3) is 2.93. The van der Waals surface area contributed by atoms with E-state index in [9.17, 15) is 9.59 Å². The number of carbonyl (C=O) groups excluding carboxylic acids is 2. The number of ether oxygens (including phenoxy) is 1. The smallest absolute Gasteiger partial charge is 0.326 e. The van der Waals surface area contributed by atoms with Crippen LogP contribution in [0.2, 0.25) is 0 Å². The van der Waals surface area contributed by atoms with Crippen molar-refractivity contribution >= 4 is 23.3 Å². The van der Waals surface area contributed by atoms with Crippen LogP contribution < -0.4 is 10.2 Å². The van der Waals surface area contributed by atoms with E-state index in [1.165, 1.54) is 24.0 Å². The van der Waals surface area contributed by atoms with Gasteiger partial charge in [-0.05, 0) is 62.8 Å². The highest BCUT2D eigenvalue weighted by Gasteiger charge is 2.28. The van der Waals surface area contributed by atoms with Gasteiger partial charge in [0.25, 0.3) is 0 Å². The summed E-state index contributed by atoms with van der Waals surface area (Å²) in [6, 6.07) is 4.20. The minimum Gasteiger partial charge on any atom is -0.462 e. The van der Waals surface area contributed by atoms with E-state index in [1.54, 1.807) is 4.90 Å². The number of nitrogens with one attached hydrogen (secondary N) is 1. The van der Waals surface area contributed by atoms with Crippen LogP contribution in [0.15, 0.2) is 12.1 Å². The van der Waals surface area contributed by atoms with Crippen molar-refractivity contribution in [3.63, 3.8) is 0 Å². The summed E-state index contributed by atoms with van der Waals surface area (Å²) in [5.41, 5.74) is 4.40. The molecule has 5 nitrogen and oxygen atoms in total. The molecule has 1 aromatic rings. The number of amides is 1. The Morgan fingerprint density at radius 1 is 1.27 bits per heavy atom. The molecule has 1 aromatic carbocycles. The molecule has 0 bridgehead atoms. The molecule has 0 saturated heterocycles. The first-order valence-electron chi connectivity index (χ1n) is 7.94. The van der Waals surface area contributed by atoms with E-state index >= 15 is 0 Å². The second-order valence-corrected chi connectivity index (χ2v) is 6.22. The quantitative estimate of drug-likeness (QED) is 0.870. The summed E-state index contributed by atoms with van der Waals surface area (Å²) in [5.74, 6) is -0.460. The van der Waals surface area contributed by atoms with Crippen molar-refractivity contribution in [3.05, 3.63) is 23.3 Å². The number of anilines is 2. The summed E-state index contributed by atoms with van der Waals surface area (Å²) in [5, 5.41) is 3.16. The van der Waals surface area contributed by atoms with Gasteiger partial charge >= 0.3 is 5.97 Å². The van der Waals surface area contributed by atoms with E-state index in [4.69, 9.17) is 4.74 Å². The number of fused-ring (bicyclic) bond motifs is 2.